The van der Waals surface area contributed by atoms with E-state index in [4.69, 9.17) is 11.6 Å². The molecule has 0 spiro atoms. The van der Waals surface area contributed by atoms with Gasteiger partial charge in [-0.15, -0.1) is 11.3 Å². The van der Waals surface area contributed by atoms with E-state index in [2.05, 4.69) is 4.72 Å². The molecule has 1 fully saturated rings. The van der Waals surface area contributed by atoms with E-state index in [1.54, 1.807) is 29.2 Å². The number of carbonyl (C=O) groups excluding carboxylic acids is 2. The molecule has 1 N–H and O–H groups in total. The average Bonchev–Trinajstić information content (AvgIpc) is 3.10. The van der Waals surface area contributed by atoms with Gasteiger partial charge in [0.05, 0.1) is 6.54 Å². The Balaban J connectivity index is 1.74. The highest BCUT2D eigenvalue weighted by Crippen LogP contribution is 2.31. The molecule has 10 heteroatoms. The zero-order chi connectivity index (χ0) is 21.2. The third-order valence-electron chi connectivity index (χ3n) is 4.99. The number of hydrogen-bond acceptors (Lipinski definition) is 5. The van der Waals surface area contributed by atoms with E-state index in [0.29, 0.717) is 37.5 Å². The van der Waals surface area contributed by atoms with Crippen LogP contribution in [0.5, 0.6) is 0 Å². The second kappa shape index (κ2) is 8.99. The molecule has 2 aromatic rings. The molecule has 0 radical (unpaired) electrons. The van der Waals surface area contributed by atoms with E-state index in [0.717, 1.165) is 21.4 Å². The molecule has 0 bridgehead atoms. The molecule has 0 saturated carbocycles. The summed E-state index contributed by atoms with van der Waals surface area (Å²) in [6.07, 6.45) is 1.04. The Hall–Kier alpha value is -1.68. The first kappa shape index (κ1) is 22.0. The number of rotatable bonds is 7. The highest BCUT2D eigenvalue weighted by atomic mass is 35.5. The van der Waals surface area contributed by atoms with Gasteiger partial charge < -0.3 is 9.80 Å². The first-order chi connectivity index (χ1) is 13.7. The maximum absolute atomic E-state index is 12.9. The normalized spacial score (nSPS) is 17.7. The molecule has 0 aliphatic carbocycles. The van der Waals surface area contributed by atoms with Gasteiger partial charge in [-0.05, 0) is 50.3 Å². The number of fused-ring (bicyclic) bond motifs is 1. The highest BCUT2D eigenvalue weighted by molar-refractivity contribution is 7.91. The summed E-state index contributed by atoms with van der Waals surface area (Å²) in [6, 6.07) is 5.89. The number of benzene rings is 1. The molecule has 7 nitrogen and oxygen atoms in total. The molecule has 158 valence electrons. The molecule has 1 aromatic carbocycles. The highest BCUT2D eigenvalue weighted by Gasteiger charge is 2.34. The van der Waals surface area contributed by atoms with Crippen molar-refractivity contribution in [2.24, 2.45) is 0 Å². The van der Waals surface area contributed by atoms with Crippen molar-refractivity contribution < 1.29 is 18.0 Å². The molecule has 3 rings (SSSR count). The van der Waals surface area contributed by atoms with Gasteiger partial charge in [-0.3, -0.25) is 9.59 Å². The van der Waals surface area contributed by atoms with Gasteiger partial charge in [0, 0.05) is 29.4 Å². The average molecular weight is 458 g/mol. The van der Waals surface area contributed by atoms with Gasteiger partial charge >= 0.3 is 0 Å². The largest absolute Gasteiger partial charge is 0.342 e. The number of nitrogens with zero attached hydrogens (tertiary/aromatic N) is 2. The van der Waals surface area contributed by atoms with Crippen LogP contribution in [0.1, 0.15) is 26.7 Å². The summed E-state index contributed by atoms with van der Waals surface area (Å²) >= 11 is 7.09. The zero-order valence-electron chi connectivity index (χ0n) is 16.4. The molecule has 1 unspecified atom stereocenters. The van der Waals surface area contributed by atoms with E-state index >= 15 is 0 Å². The van der Waals surface area contributed by atoms with Crippen LogP contribution in [0.4, 0.5) is 0 Å². The van der Waals surface area contributed by atoms with Crippen molar-refractivity contribution in [1.82, 2.24) is 14.5 Å². The lowest BCUT2D eigenvalue weighted by molar-refractivity contribution is -0.143. The van der Waals surface area contributed by atoms with Gasteiger partial charge in [0.2, 0.25) is 11.8 Å². The second-order valence-corrected chi connectivity index (χ2v) is 10.4. The van der Waals surface area contributed by atoms with Gasteiger partial charge in [-0.2, -0.15) is 4.72 Å². The van der Waals surface area contributed by atoms with Gasteiger partial charge in [0.1, 0.15) is 10.3 Å². The van der Waals surface area contributed by atoms with Crippen LogP contribution in [0, 0.1) is 0 Å². The summed E-state index contributed by atoms with van der Waals surface area (Å²) in [5, 5.41) is 1.31. The first-order valence-corrected chi connectivity index (χ1v) is 12.2. The van der Waals surface area contributed by atoms with Gasteiger partial charge in [-0.25, -0.2) is 8.42 Å². The summed E-state index contributed by atoms with van der Waals surface area (Å²) in [6.45, 7) is 5.33. The molecular weight excluding hydrogens is 434 g/mol. The van der Waals surface area contributed by atoms with E-state index < -0.39 is 16.1 Å². The SMILES string of the molecule is CCN(CC)C(=O)CN1CCCC(NS(=O)(=O)c2cc3ccc(Cl)cc3s2)C1=O. The summed E-state index contributed by atoms with van der Waals surface area (Å²) in [4.78, 5) is 28.2. The Bertz CT molecular complexity index is 1020. The number of likely N-dealkylation sites (N-methyl/N-ethyl adjacent to an activating group) is 1. The standard InChI is InChI=1S/C19H24ClN3O4S2/c1-3-22(4-2)17(24)12-23-9-5-6-15(19(23)25)21-29(26,27)18-10-13-7-8-14(20)11-16(13)28-18/h7-8,10-11,15,21H,3-6,9,12H2,1-2H3. The monoisotopic (exact) mass is 457 g/mol. The van der Waals surface area contributed by atoms with Crippen LogP contribution in [0.2, 0.25) is 5.02 Å². The summed E-state index contributed by atoms with van der Waals surface area (Å²) in [7, 11) is -3.86. The fourth-order valence-corrected chi connectivity index (χ4v) is 6.32. The Morgan fingerprint density at radius 1 is 1.31 bits per heavy atom. The smallest absolute Gasteiger partial charge is 0.250 e. The molecule has 29 heavy (non-hydrogen) atoms. The topological polar surface area (TPSA) is 86.8 Å². The number of halogens is 1. The number of carbonyl (C=O) groups is 2. The van der Waals surface area contributed by atoms with Crippen LogP contribution in [-0.2, 0) is 19.6 Å². The van der Waals surface area contributed by atoms with Crippen LogP contribution < -0.4 is 4.72 Å². The fourth-order valence-electron chi connectivity index (χ4n) is 3.40. The van der Waals surface area contributed by atoms with Crippen LogP contribution >= 0.6 is 22.9 Å². The summed E-state index contributed by atoms with van der Waals surface area (Å²) in [5.41, 5.74) is 0. The van der Waals surface area contributed by atoms with Crippen LogP contribution in [0.25, 0.3) is 10.1 Å². The number of thiophene rings is 1. The van der Waals surface area contributed by atoms with Crippen molar-refractivity contribution in [3.05, 3.63) is 29.3 Å². The predicted molar refractivity (Wildman–Crippen MR) is 115 cm³/mol. The van der Waals surface area contributed by atoms with Crippen molar-refractivity contribution in [3.63, 3.8) is 0 Å². The molecular formula is C19H24ClN3O4S2. The number of nitrogens with one attached hydrogen (secondary N) is 1. The van der Waals surface area contributed by atoms with Crippen LogP contribution in [0.15, 0.2) is 28.5 Å². The lowest BCUT2D eigenvalue weighted by Crippen LogP contribution is -2.54. The number of hydrogen-bond donors (Lipinski definition) is 1. The third kappa shape index (κ3) is 4.91. The fraction of sp³-hybridized carbons (Fsp3) is 0.474. The number of likely N-dealkylation sites (tertiary alicyclic amines) is 1. The van der Waals surface area contributed by atoms with Gasteiger partial charge in [0.15, 0.2) is 0 Å². The predicted octanol–water partition coefficient (Wildman–Crippen LogP) is 2.69. The van der Waals surface area contributed by atoms with Crippen molar-refractivity contribution >= 4 is 54.9 Å². The van der Waals surface area contributed by atoms with Gasteiger partial charge in [-0.1, -0.05) is 17.7 Å². The molecule has 1 aliphatic heterocycles. The lowest BCUT2D eigenvalue weighted by Gasteiger charge is -2.33. The van der Waals surface area contributed by atoms with E-state index in [9.17, 15) is 18.0 Å². The number of sulfonamides is 1. The molecule has 1 saturated heterocycles. The van der Waals surface area contributed by atoms with Gasteiger partial charge in [0.25, 0.3) is 10.0 Å². The third-order valence-corrected chi connectivity index (χ3v) is 8.27. The van der Waals surface area contributed by atoms with Crippen molar-refractivity contribution in [2.75, 3.05) is 26.2 Å². The molecule has 2 heterocycles. The molecule has 1 atom stereocenters. The second-order valence-electron chi connectivity index (χ2n) is 6.89. The van der Waals surface area contributed by atoms with E-state index in [-0.39, 0.29) is 22.6 Å². The molecule has 1 aliphatic rings. The Kier molecular flexibility index (Phi) is 6.83. The van der Waals surface area contributed by atoms with Crippen molar-refractivity contribution in [3.8, 4) is 0 Å². The Labute approximate surface area is 179 Å². The number of piperidine rings is 1. The lowest BCUT2D eigenvalue weighted by atomic mass is 10.1. The summed E-state index contributed by atoms with van der Waals surface area (Å²) < 4.78 is 29.1. The molecule has 2 amide bonds. The van der Waals surface area contributed by atoms with E-state index in [1.807, 2.05) is 13.8 Å². The first-order valence-electron chi connectivity index (χ1n) is 9.53. The minimum atomic E-state index is -3.86. The van der Waals surface area contributed by atoms with Crippen LogP contribution in [0.3, 0.4) is 0 Å². The minimum absolute atomic E-state index is 0.0277. The summed E-state index contributed by atoms with van der Waals surface area (Å²) in [5.74, 6) is -0.488. The zero-order valence-corrected chi connectivity index (χ0v) is 18.7. The van der Waals surface area contributed by atoms with Crippen LogP contribution in [-0.4, -0.2) is 62.3 Å². The maximum Gasteiger partial charge on any atom is 0.250 e. The molecule has 1 aromatic heterocycles. The van der Waals surface area contributed by atoms with Crippen molar-refractivity contribution in [1.29, 1.82) is 0 Å². The quantitative estimate of drug-likeness (QED) is 0.692. The Morgan fingerprint density at radius 3 is 2.72 bits per heavy atom. The number of amides is 2. The minimum Gasteiger partial charge on any atom is -0.342 e. The Morgan fingerprint density at radius 2 is 2.03 bits per heavy atom. The van der Waals surface area contributed by atoms with Crippen molar-refractivity contribution in [2.45, 2.75) is 36.9 Å². The maximum atomic E-state index is 12.9. The van der Waals surface area contributed by atoms with E-state index in [1.165, 1.54) is 4.90 Å².